The molecule has 6 N–H and O–H groups in total. The van der Waals surface area contributed by atoms with E-state index in [1.807, 2.05) is 0 Å². The van der Waals surface area contributed by atoms with E-state index in [2.05, 4.69) is 38.2 Å². The van der Waals surface area contributed by atoms with Crippen molar-refractivity contribution in [1.82, 2.24) is 0 Å². The van der Waals surface area contributed by atoms with Crippen molar-refractivity contribution >= 4 is 13.8 Å². The highest BCUT2D eigenvalue weighted by molar-refractivity contribution is 7.47. The summed E-state index contributed by atoms with van der Waals surface area (Å²) in [6.45, 7) is 4.22. The van der Waals surface area contributed by atoms with Gasteiger partial charge in [0.2, 0.25) is 0 Å². The Hall–Kier alpha value is -1.18. The molecule has 0 saturated heterocycles. The number of unbranched alkanes of at least 4 members (excludes halogenated alkanes) is 24. The summed E-state index contributed by atoms with van der Waals surface area (Å²) in [4.78, 5) is 23.1. The minimum atomic E-state index is -5.02. The first-order valence-electron chi connectivity index (χ1n) is 23.7. The molecule has 0 radical (unpaired) electrons. The van der Waals surface area contributed by atoms with E-state index < -0.39 is 63.1 Å². The maximum atomic E-state index is 12.8. The Balaban J connectivity index is 2.37. The molecule has 1 aliphatic rings. The average Bonchev–Trinajstić information content (AvgIpc) is 3.22. The van der Waals surface area contributed by atoms with Crippen molar-refractivity contribution in [3.05, 3.63) is 24.3 Å². The molecule has 0 aromatic rings. The monoisotopic (exact) mass is 863 g/mol. The summed E-state index contributed by atoms with van der Waals surface area (Å²) in [5.74, 6) is -0.489. The highest BCUT2D eigenvalue weighted by Gasteiger charge is 2.51. The van der Waals surface area contributed by atoms with Gasteiger partial charge in [0.15, 0.2) is 0 Å². The van der Waals surface area contributed by atoms with Crippen LogP contribution >= 0.6 is 7.82 Å². The molecule has 13 heteroatoms. The van der Waals surface area contributed by atoms with E-state index in [0.29, 0.717) is 13.0 Å². The highest BCUT2D eigenvalue weighted by atomic mass is 31.2. The quantitative estimate of drug-likeness (QED) is 0.0148. The van der Waals surface area contributed by atoms with Gasteiger partial charge in [0.05, 0.1) is 13.2 Å². The van der Waals surface area contributed by atoms with Crippen LogP contribution in [0.25, 0.3) is 0 Å². The second-order valence-electron chi connectivity index (χ2n) is 16.6. The predicted octanol–water partition coefficient (Wildman–Crippen LogP) is 9.70. The number of hydrogen-bond acceptors (Lipinski definition) is 11. The fourth-order valence-electron chi connectivity index (χ4n) is 7.26. The molecule has 1 rings (SSSR count). The number of ether oxygens (including phenoxy) is 2. The number of phosphoric ester groups is 1. The Labute approximate surface area is 358 Å². The first-order chi connectivity index (χ1) is 28.5. The van der Waals surface area contributed by atoms with Crippen LogP contribution in [0.3, 0.4) is 0 Å². The van der Waals surface area contributed by atoms with Gasteiger partial charge in [0, 0.05) is 13.0 Å². The zero-order valence-electron chi connectivity index (χ0n) is 37.1. The van der Waals surface area contributed by atoms with Crippen LogP contribution in [0.1, 0.15) is 200 Å². The number of aliphatic hydroxyl groups is 5. The second kappa shape index (κ2) is 37.4. The van der Waals surface area contributed by atoms with Gasteiger partial charge in [0.1, 0.15) is 42.7 Å². The maximum Gasteiger partial charge on any atom is 0.472 e. The van der Waals surface area contributed by atoms with Crippen LogP contribution in [0.5, 0.6) is 0 Å². The molecule has 59 heavy (non-hydrogen) atoms. The Morgan fingerprint density at radius 2 is 0.966 bits per heavy atom. The van der Waals surface area contributed by atoms with Gasteiger partial charge in [-0.25, -0.2) is 4.57 Å². The average molecular weight is 863 g/mol. The van der Waals surface area contributed by atoms with Gasteiger partial charge in [-0.05, 0) is 38.5 Å². The third kappa shape index (κ3) is 29.7. The molecule has 6 atom stereocenters. The van der Waals surface area contributed by atoms with Crippen molar-refractivity contribution in [2.24, 2.45) is 0 Å². The number of carbonyl (C=O) groups is 1. The van der Waals surface area contributed by atoms with Crippen molar-refractivity contribution in [2.45, 2.75) is 243 Å². The van der Waals surface area contributed by atoms with E-state index in [0.717, 1.165) is 64.2 Å². The summed E-state index contributed by atoms with van der Waals surface area (Å²) >= 11 is 0. The summed E-state index contributed by atoms with van der Waals surface area (Å²) in [6, 6.07) is 0. The number of allylic oxidation sites excluding steroid dienone is 4. The standard InChI is InChI=1S/C46H87O12P/c1-3-5-7-9-11-13-15-17-19-20-21-22-24-26-28-30-32-34-36-55-37-39(38-56-59(53,54)58-46-44(51)42(49)41(48)43(50)45(46)52)57-40(47)35-33-31-29-27-25-23-18-16-14-12-10-8-6-4-2/h10,12,16,18,39,41-46,48-52H,3-9,11,13-15,17,19-38H2,1-2H3,(H,53,54)/b12-10-,18-16-. The SMILES string of the molecule is CCCC/C=C\C/C=C\CCCCCCCC(=O)OC(COCCCCCCCCCCCCCCCCCCCC)COP(=O)(O)OC1C(O)C(O)C(O)C(O)C1O. The van der Waals surface area contributed by atoms with Gasteiger partial charge >= 0.3 is 13.8 Å². The smallest absolute Gasteiger partial charge is 0.457 e. The molecule has 6 unspecified atom stereocenters. The van der Waals surface area contributed by atoms with E-state index in [9.17, 15) is 39.8 Å². The Morgan fingerprint density at radius 3 is 1.47 bits per heavy atom. The van der Waals surface area contributed by atoms with Crippen LogP contribution in [-0.4, -0.2) is 98.9 Å². The van der Waals surface area contributed by atoms with E-state index in [1.54, 1.807) is 0 Å². The van der Waals surface area contributed by atoms with Crippen LogP contribution in [-0.2, 0) is 27.9 Å². The number of hydrogen-bond donors (Lipinski definition) is 6. The topological polar surface area (TPSA) is 192 Å². The molecule has 1 aliphatic carbocycles. The fourth-order valence-corrected chi connectivity index (χ4v) is 8.23. The maximum absolute atomic E-state index is 12.8. The van der Waals surface area contributed by atoms with Gasteiger partial charge in [0.25, 0.3) is 0 Å². The molecule has 0 aromatic heterocycles. The van der Waals surface area contributed by atoms with Crippen molar-refractivity contribution in [3.63, 3.8) is 0 Å². The van der Waals surface area contributed by atoms with E-state index >= 15 is 0 Å². The van der Waals surface area contributed by atoms with Crippen molar-refractivity contribution in [3.8, 4) is 0 Å². The molecule has 1 fully saturated rings. The minimum Gasteiger partial charge on any atom is -0.457 e. The Morgan fingerprint density at radius 1 is 0.542 bits per heavy atom. The van der Waals surface area contributed by atoms with Gasteiger partial charge < -0.3 is 39.9 Å². The summed E-state index contributed by atoms with van der Waals surface area (Å²) in [7, 11) is -5.02. The summed E-state index contributed by atoms with van der Waals surface area (Å²) in [5.41, 5.74) is 0. The van der Waals surface area contributed by atoms with Gasteiger partial charge in [-0.1, -0.05) is 179 Å². The number of esters is 1. The summed E-state index contributed by atoms with van der Waals surface area (Å²) < 4.78 is 34.2. The second-order valence-corrected chi connectivity index (χ2v) is 18.0. The van der Waals surface area contributed by atoms with Gasteiger partial charge in [-0.15, -0.1) is 0 Å². The lowest BCUT2D eigenvalue weighted by molar-refractivity contribution is -0.220. The lowest BCUT2D eigenvalue weighted by atomic mass is 9.85. The van der Waals surface area contributed by atoms with Crippen molar-refractivity contribution < 1.29 is 58.3 Å². The Kier molecular flexibility index (Phi) is 35.4. The molecule has 0 bridgehead atoms. The first-order valence-corrected chi connectivity index (χ1v) is 25.2. The number of carbonyl (C=O) groups excluding carboxylic acids is 1. The molecule has 0 amide bonds. The summed E-state index contributed by atoms with van der Waals surface area (Å²) in [6.07, 6.45) is 29.6. The van der Waals surface area contributed by atoms with Crippen molar-refractivity contribution in [2.75, 3.05) is 19.8 Å². The molecule has 0 aliphatic heterocycles. The molecule has 12 nitrogen and oxygen atoms in total. The molecule has 1 saturated carbocycles. The minimum absolute atomic E-state index is 0.0783. The first kappa shape index (κ1) is 55.8. The third-order valence-corrected chi connectivity index (χ3v) is 12.1. The third-order valence-electron chi connectivity index (χ3n) is 11.1. The molecular formula is C46H87O12P. The number of aliphatic hydroxyl groups excluding tert-OH is 5. The normalized spacial score (nSPS) is 22.6. The van der Waals surface area contributed by atoms with Crippen LogP contribution in [0, 0.1) is 0 Å². The van der Waals surface area contributed by atoms with Gasteiger partial charge in [-0.3, -0.25) is 13.8 Å². The molecule has 0 spiro atoms. The Bertz CT molecular complexity index is 1070. The molecule has 0 aromatic carbocycles. The zero-order chi connectivity index (χ0) is 43.4. The van der Waals surface area contributed by atoms with Crippen LogP contribution in [0.2, 0.25) is 0 Å². The number of phosphoric acid groups is 1. The van der Waals surface area contributed by atoms with E-state index in [1.165, 1.54) is 109 Å². The molecule has 348 valence electrons. The molecule has 0 heterocycles. The predicted molar refractivity (Wildman–Crippen MR) is 235 cm³/mol. The van der Waals surface area contributed by atoms with E-state index in [4.69, 9.17) is 18.5 Å². The largest absolute Gasteiger partial charge is 0.472 e. The zero-order valence-corrected chi connectivity index (χ0v) is 38.0. The van der Waals surface area contributed by atoms with Crippen LogP contribution < -0.4 is 0 Å². The number of rotatable bonds is 40. The lowest BCUT2D eigenvalue weighted by Crippen LogP contribution is -2.64. The highest BCUT2D eigenvalue weighted by Crippen LogP contribution is 2.47. The van der Waals surface area contributed by atoms with E-state index in [-0.39, 0.29) is 13.0 Å². The van der Waals surface area contributed by atoms with Crippen LogP contribution in [0.4, 0.5) is 0 Å². The van der Waals surface area contributed by atoms with Gasteiger partial charge in [-0.2, -0.15) is 0 Å². The summed E-state index contributed by atoms with van der Waals surface area (Å²) in [5, 5.41) is 50.2. The van der Waals surface area contributed by atoms with Crippen LogP contribution in [0.15, 0.2) is 24.3 Å². The fraction of sp³-hybridized carbons (Fsp3) is 0.891. The molecular weight excluding hydrogens is 775 g/mol. The lowest BCUT2D eigenvalue weighted by Gasteiger charge is -2.41. The van der Waals surface area contributed by atoms with Crippen molar-refractivity contribution in [1.29, 1.82) is 0 Å².